The number of fused-ring (bicyclic) bond motifs is 1. The van der Waals surface area contributed by atoms with Gasteiger partial charge in [0, 0.05) is 34.4 Å². The Morgan fingerprint density at radius 2 is 1.90 bits per heavy atom. The summed E-state index contributed by atoms with van der Waals surface area (Å²) in [4.78, 5) is 4.14. The summed E-state index contributed by atoms with van der Waals surface area (Å²) < 4.78 is 0. The van der Waals surface area contributed by atoms with Crippen LogP contribution in [0.25, 0.3) is 10.8 Å². The summed E-state index contributed by atoms with van der Waals surface area (Å²) in [5.74, 6) is 0.314. The minimum absolute atomic E-state index is 0.0231. The number of nitrogens with zero attached hydrogens (tertiary/aromatic N) is 1. The number of hydrogen-bond donors (Lipinski definition) is 2. The number of phenols is 1. The number of phenolic OH excluding ortho intramolecular Hbond substituents is 1. The van der Waals surface area contributed by atoms with Crippen molar-refractivity contribution >= 4 is 16.5 Å². The van der Waals surface area contributed by atoms with Crippen LogP contribution in [0.4, 0.5) is 5.69 Å². The molecule has 0 amide bonds. The number of hydrogen-bond acceptors (Lipinski definition) is 3. The molecule has 0 aliphatic rings. The van der Waals surface area contributed by atoms with Crippen molar-refractivity contribution in [3.05, 3.63) is 66.5 Å². The SMILES string of the molecule is CC(Nc1cccc2cnccc12)c1ccccc1O. The van der Waals surface area contributed by atoms with E-state index >= 15 is 0 Å². The largest absolute Gasteiger partial charge is 0.508 e. The van der Waals surface area contributed by atoms with E-state index in [2.05, 4.69) is 10.3 Å². The molecule has 0 aliphatic heterocycles. The van der Waals surface area contributed by atoms with Crippen LogP contribution in [-0.2, 0) is 0 Å². The highest BCUT2D eigenvalue weighted by Crippen LogP contribution is 2.29. The van der Waals surface area contributed by atoms with Crippen molar-refractivity contribution in [2.24, 2.45) is 0 Å². The third-order valence-corrected chi connectivity index (χ3v) is 3.46. The second-order valence-electron chi connectivity index (χ2n) is 4.83. The second kappa shape index (κ2) is 5.21. The Morgan fingerprint density at radius 3 is 2.75 bits per heavy atom. The molecule has 3 heteroatoms. The Hall–Kier alpha value is -2.55. The molecule has 1 heterocycles. The Morgan fingerprint density at radius 1 is 1.05 bits per heavy atom. The first kappa shape index (κ1) is 12.5. The molecule has 1 aromatic heterocycles. The minimum atomic E-state index is 0.0231. The Kier molecular flexibility index (Phi) is 3.25. The molecule has 3 rings (SSSR count). The van der Waals surface area contributed by atoms with Crippen LogP contribution < -0.4 is 5.32 Å². The molecule has 0 aliphatic carbocycles. The quantitative estimate of drug-likeness (QED) is 0.748. The molecule has 0 radical (unpaired) electrons. The van der Waals surface area contributed by atoms with Crippen LogP contribution in [0.2, 0.25) is 0 Å². The summed E-state index contributed by atoms with van der Waals surface area (Å²) in [5.41, 5.74) is 1.93. The predicted octanol–water partition coefficient (Wildman–Crippen LogP) is 4.11. The maximum atomic E-state index is 9.92. The van der Waals surface area contributed by atoms with Crippen molar-refractivity contribution in [1.29, 1.82) is 0 Å². The molecule has 0 bridgehead atoms. The zero-order chi connectivity index (χ0) is 13.9. The first-order valence-corrected chi connectivity index (χ1v) is 6.63. The third-order valence-electron chi connectivity index (χ3n) is 3.46. The topological polar surface area (TPSA) is 45.2 Å². The predicted molar refractivity (Wildman–Crippen MR) is 81.9 cm³/mol. The van der Waals surface area contributed by atoms with Gasteiger partial charge >= 0.3 is 0 Å². The molecule has 0 saturated heterocycles. The van der Waals surface area contributed by atoms with Gasteiger partial charge < -0.3 is 10.4 Å². The summed E-state index contributed by atoms with van der Waals surface area (Å²) in [7, 11) is 0. The van der Waals surface area contributed by atoms with E-state index in [4.69, 9.17) is 0 Å². The van der Waals surface area contributed by atoms with Crippen LogP contribution in [-0.4, -0.2) is 10.1 Å². The maximum Gasteiger partial charge on any atom is 0.120 e. The first-order chi connectivity index (χ1) is 9.75. The number of anilines is 1. The van der Waals surface area contributed by atoms with E-state index in [0.717, 1.165) is 22.0 Å². The van der Waals surface area contributed by atoms with Crippen molar-refractivity contribution in [3.63, 3.8) is 0 Å². The van der Waals surface area contributed by atoms with Crippen molar-refractivity contribution in [1.82, 2.24) is 4.98 Å². The number of rotatable bonds is 3. The number of benzene rings is 2. The van der Waals surface area contributed by atoms with Crippen LogP contribution in [0, 0.1) is 0 Å². The van der Waals surface area contributed by atoms with Crippen LogP contribution in [0.5, 0.6) is 5.75 Å². The smallest absolute Gasteiger partial charge is 0.120 e. The van der Waals surface area contributed by atoms with Crippen molar-refractivity contribution in [2.45, 2.75) is 13.0 Å². The van der Waals surface area contributed by atoms with E-state index in [1.54, 1.807) is 12.3 Å². The van der Waals surface area contributed by atoms with Crippen LogP contribution in [0.15, 0.2) is 60.9 Å². The van der Waals surface area contributed by atoms with Gasteiger partial charge in [-0.15, -0.1) is 0 Å². The third kappa shape index (κ3) is 2.30. The van der Waals surface area contributed by atoms with Gasteiger partial charge in [0.1, 0.15) is 5.75 Å². The Bertz CT molecular complexity index is 734. The van der Waals surface area contributed by atoms with E-state index in [1.807, 2.05) is 55.6 Å². The number of para-hydroxylation sites is 1. The van der Waals surface area contributed by atoms with Gasteiger partial charge in [0.05, 0.1) is 6.04 Å². The fourth-order valence-electron chi connectivity index (χ4n) is 2.41. The molecule has 0 fully saturated rings. The molecule has 20 heavy (non-hydrogen) atoms. The zero-order valence-corrected chi connectivity index (χ0v) is 11.2. The summed E-state index contributed by atoms with van der Waals surface area (Å²) in [5, 5.41) is 15.6. The highest BCUT2D eigenvalue weighted by Gasteiger charge is 2.10. The van der Waals surface area contributed by atoms with E-state index < -0.39 is 0 Å². The number of pyridine rings is 1. The second-order valence-corrected chi connectivity index (χ2v) is 4.83. The maximum absolute atomic E-state index is 9.92. The van der Waals surface area contributed by atoms with E-state index in [-0.39, 0.29) is 6.04 Å². The van der Waals surface area contributed by atoms with Gasteiger partial charge in [0.25, 0.3) is 0 Å². The molecule has 0 saturated carbocycles. The van der Waals surface area contributed by atoms with Gasteiger partial charge in [-0.1, -0.05) is 30.3 Å². The minimum Gasteiger partial charge on any atom is -0.508 e. The number of aromatic hydroxyl groups is 1. The molecule has 2 aromatic carbocycles. The normalized spacial score (nSPS) is 12.2. The summed E-state index contributed by atoms with van der Waals surface area (Å²) in [6.45, 7) is 2.04. The van der Waals surface area contributed by atoms with E-state index in [0.29, 0.717) is 5.75 Å². The first-order valence-electron chi connectivity index (χ1n) is 6.63. The van der Waals surface area contributed by atoms with Crippen molar-refractivity contribution in [3.8, 4) is 5.75 Å². The fraction of sp³-hybridized carbons (Fsp3) is 0.118. The van der Waals surface area contributed by atoms with Gasteiger partial charge in [-0.25, -0.2) is 0 Å². The lowest BCUT2D eigenvalue weighted by Gasteiger charge is -2.18. The lowest BCUT2D eigenvalue weighted by atomic mass is 10.1. The molecular weight excluding hydrogens is 248 g/mol. The average Bonchev–Trinajstić information content (AvgIpc) is 2.48. The molecule has 1 unspecified atom stereocenters. The zero-order valence-electron chi connectivity index (χ0n) is 11.2. The highest BCUT2D eigenvalue weighted by molar-refractivity contribution is 5.93. The van der Waals surface area contributed by atoms with Gasteiger partial charge in [-0.2, -0.15) is 0 Å². The van der Waals surface area contributed by atoms with E-state index in [1.165, 1.54) is 0 Å². The van der Waals surface area contributed by atoms with Crippen molar-refractivity contribution < 1.29 is 5.11 Å². The number of aromatic nitrogens is 1. The van der Waals surface area contributed by atoms with E-state index in [9.17, 15) is 5.11 Å². The monoisotopic (exact) mass is 264 g/mol. The van der Waals surface area contributed by atoms with Gasteiger partial charge in [-0.3, -0.25) is 4.98 Å². The van der Waals surface area contributed by atoms with Gasteiger partial charge in [0.2, 0.25) is 0 Å². The molecule has 2 N–H and O–H groups in total. The van der Waals surface area contributed by atoms with Gasteiger partial charge in [-0.05, 0) is 25.1 Å². The lowest BCUT2D eigenvalue weighted by molar-refractivity contribution is 0.465. The molecule has 1 atom stereocenters. The molecule has 100 valence electrons. The Balaban J connectivity index is 1.96. The number of nitrogens with one attached hydrogen (secondary N) is 1. The van der Waals surface area contributed by atoms with Crippen LogP contribution in [0.1, 0.15) is 18.5 Å². The average molecular weight is 264 g/mol. The molecule has 3 aromatic rings. The molecular formula is C17H16N2O. The highest BCUT2D eigenvalue weighted by atomic mass is 16.3. The fourth-order valence-corrected chi connectivity index (χ4v) is 2.41. The van der Waals surface area contributed by atoms with Gasteiger partial charge in [0.15, 0.2) is 0 Å². The van der Waals surface area contributed by atoms with Crippen molar-refractivity contribution in [2.75, 3.05) is 5.32 Å². The summed E-state index contributed by atoms with van der Waals surface area (Å²) in [6.07, 6.45) is 3.64. The molecule has 3 nitrogen and oxygen atoms in total. The standard InChI is InChI=1S/C17H16N2O/c1-12(14-6-2-3-8-17(14)20)19-16-7-4-5-13-11-18-10-9-15(13)16/h2-12,19-20H,1H3. The molecule has 0 spiro atoms. The van der Waals surface area contributed by atoms with Crippen LogP contribution in [0.3, 0.4) is 0 Å². The summed E-state index contributed by atoms with van der Waals surface area (Å²) in [6, 6.07) is 15.5. The van der Waals surface area contributed by atoms with Crippen LogP contribution >= 0.6 is 0 Å². The summed E-state index contributed by atoms with van der Waals surface area (Å²) >= 11 is 0. The Labute approximate surface area is 117 Å². The lowest BCUT2D eigenvalue weighted by Crippen LogP contribution is -2.07.